The number of hydrogen-bond donors (Lipinski definition) is 0. The number of carbonyl (C=O) groups is 1. The van der Waals surface area contributed by atoms with Crippen molar-refractivity contribution in [3.63, 3.8) is 0 Å². The van der Waals surface area contributed by atoms with Gasteiger partial charge in [-0.25, -0.2) is 8.42 Å². The molecule has 3 aromatic rings. The molecule has 0 aliphatic carbocycles. The molecule has 9 heteroatoms. The van der Waals surface area contributed by atoms with E-state index in [0.29, 0.717) is 37.4 Å². The monoisotopic (exact) mass is 483 g/mol. The molecule has 1 aliphatic rings. The predicted octanol–water partition coefficient (Wildman–Crippen LogP) is 4.11. The van der Waals surface area contributed by atoms with Crippen molar-refractivity contribution in [1.29, 1.82) is 0 Å². The lowest BCUT2D eigenvalue weighted by molar-refractivity contribution is -0.136. The zero-order valence-corrected chi connectivity index (χ0v) is 20.4. The molecular weight excluding hydrogens is 454 g/mol. The maximum absolute atomic E-state index is 13.6. The number of aromatic nitrogens is 1. The summed E-state index contributed by atoms with van der Waals surface area (Å²) < 4.78 is 39.3. The highest BCUT2D eigenvalue weighted by Crippen LogP contribution is 2.30. The van der Waals surface area contributed by atoms with Gasteiger partial charge in [0.1, 0.15) is 11.5 Å². The second-order valence-electron chi connectivity index (χ2n) is 8.68. The van der Waals surface area contributed by atoms with Gasteiger partial charge in [-0.1, -0.05) is 41.1 Å². The van der Waals surface area contributed by atoms with Crippen LogP contribution in [-0.4, -0.2) is 48.8 Å². The molecule has 8 nitrogen and oxygen atoms in total. The van der Waals surface area contributed by atoms with Gasteiger partial charge in [0, 0.05) is 20.1 Å². The Morgan fingerprint density at radius 1 is 1.21 bits per heavy atom. The molecular formula is C25H29N3O5S. The van der Waals surface area contributed by atoms with E-state index >= 15 is 0 Å². The molecule has 180 valence electrons. The van der Waals surface area contributed by atoms with Crippen molar-refractivity contribution >= 4 is 28.1 Å². The van der Waals surface area contributed by atoms with Crippen LogP contribution in [0.25, 0.3) is 12.2 Å². The number of amides is 1. The van der Waals surface area contributed by atoms with Crippen molar-refractivity contribution in [2.75, 3.05) is 20.1 Å². The second kappa shape index (κ2) is 9.99. The fraction of sp³-hybridized carbons (Fsp3) is 0.360. The first-order valence-corrected chi connectivity index (χ1v) is 12.7. The van der Waals surface area contributed by atoms with E-state index in [4.69, 9.17) is 8.94 Å². The van der Waals surface area contributed by atoms with Gasteiger partial charge in [-0.3, -0.25) is 4.79 Å². The smallest absolute Gasteiger partial charge is 0.248 e. The van der Waals surface area contributed by atoms with Crippen LogP contribution in [0.1, 0.15) is 41.2 Å². The minimum absolute atomic E-state index is 0.0490. The molecule has 0 N–H and O–H groups in total. The van der Waals surface area contributed by atoms with E-state index in [1.165, 1.54) is 4.31 Å². The lowest BCUT2D eigenvalue weighted by atomic mass is 9.98. The standard InChI is InChI=1S/C25H29N3O5S/c1-18-8-10-20(11-9-18)12-13-23-24(19(2)26-33-23)34(30,31)28-14-4-6-21(16-28)25(29)27(3)17-22-7-5-15-32-22/h5,7-13,15,21H,4,6,14,16-17H2,1-3H3/b13-12+/t21-/m1/s1. The van der Waals surface area contributed by atoms with Gasteiger partial charge in [0.2, 0.25) is 15.9 Å². The van der Waals surface area contributed by atoms with Gasteiger partial charge in [0.25, 0.3) is 0 Å². The quantitative estimate of drug-likeness (QED) is 0.502. The van der Waals surface area contributed by atoms with Crippen LogP contribution in [0.15, 0.2) is 56.5 Å². The van der Waals surface area contributed by atoms with Crippen molar-refractivity contribution in [3.05, 3.63) is 71.0 Å². The molecule has 1 aromatic carbocycles. The largest absolute Gasteiger partial charge is 0.467 e. The zero-order chi connectivity index (χ0) is 24.3. The van der Waals surface area contributed by atoms with E-state index in [9.17, 15) is 13.2 Å². The van der Waals surface area contributed by atoms with Gasteiger partial charge in [0.05, 0.1) is 18.7 Å². The third-order valence-corrected chi connectivity index (χ3v) is 8.04. The summed E-state index contributed by atoms with van der Waals surface area (Å²) >= 11 is 0. The van der Waals surface area contributed by atoms with Gasteiger partial charge in [0.15, 0.2) is 10.7 Å². The Labute approximate surface area is 199 Å². The van der Waals surface area contributed by atoms with Crippen molar-refractivity contribution in [2.45, 2.75) is 38.1 Å². The van der Waals surface area contributed by atoms with Gasteiger partial charge in [-0.15, -0.1) is 0 Å². The van der Waals surface area contributed by atoms with Crippen LogP contribution in [0.5, 0.6) is 0 Å². The Bertz CT molecular complexity index is 1260. The third kappa shape index (κ3) is 5.15. The van der Waals surface area contributed by atoms with Crippen LogP contribution in [0.4, 0.5) is 0 Å². The summed E-state index contributed by atoms with van der Waals surface area (Å²) in [6.07, 6.45) is 6.22. The van der Waals surface area contributed by atoms with E-state index < -0.39 is 15.9 Å². The topological polar surface area (TPSA) is 96.9 Å². The molecule has 0 unspecified atom stereocenters. The molecule has 0 spiro atoms. The minimum atomic E-state index is -3.90. The van der Waals surface area contributed by atoms with Gasteiger partial charge in [-0.05, 0) is 50.5 Å². The van der Waals surface area contributed by atoms with Crippen LogP contribution in [0.3, 0.4) is 0 Å². The van der Waals surface area contributed by atoms with Crippen LogP contribution in [0.2, 0.25) is 0 Å². The SMILES string of the molecule is Cc1ccc(/C=C/c2onc(C)c2S(=O)(=O)N2CCC[C@@H](C(=O)N(C)Cc3ccco3)C2)cc1. The first-order valence-electron chi connectivity index (χ1n) is 11.2. The van der Waals surface area contributed by atoms with E-state index in [2.05, 4.69) is 5.16 Å². The number of nitrogens with zero attached hydrogens (tertiary/aromatic N) is 3. The van der Waals surface area contributed by atoms with Crippen molar-refractivity contribution in [1.82, 2.24) is 14.4 Å². The Hall–Kier alpha value is -3.17. The Kier molecular flexibility index (Phi) is 7.04. The number of carbonyl (C=O) groups excluding carboxylic acids is 1. The number of furan rings is 1. The molecule has 0 bridgehead atoms. The molecule has 1 fully saturated rings. The Morgan fingerprint density at radius 3 is 2.68 bits per heavy atom. The minimum Gasteiger partial charge on any atom is -0.467 e. The summed E-state index contributed by atoms with van der Waals surface area (Å²) in [7, 11) is -2.19. The summed E-state index contributed by atoms with van der Waals surface area (Å²) in [6.45, 7) is 4.43. The molecule has 4 rings (SSSR count). The van der Waals surface area contributed by atoms with Crippen molar-refractivity contribution in [2.24, 2.45) is 5.92 Å². The fourth-order valence-electron chi connectivity index (χ4n) is 4.17. The molecule has 2 aromatic heterocycles. The summed E-state index contributed by atoms with van der Waals surface area (Å²) in [6, 6.07) is 11.4. The lowest BCUT2D eigenvalue weighted by Gasteiger charge is -2.33. The molecule has 1 saturated heterocycles. The number of piperidine rings is 1. The summed E-state index contributed by atoms with van der Waals surface area (Å²) in [5, 5.41) is 3.91. The molecule has 0 saturated carbocycles. The van der Waals surface area contributed by atoms with E-state index in [0.717, 1.165) is 11.1 Å². The average molecular weight is 484 g/mol. The van der Waals surface area contributed by atoms with E-state index in [1.54, 1.807) is 43.4 Å². The maximum atomic E-state index is 13.6. The highest BCUT2D eigenvalue weighted by Gasteiger charge is 2.37. The van der Waals surface area contributed by atoms with Gasteiger partial charge < -0.3 is 13.8 Å². The number of aryl methyl sites for hydroxylation is 2. The third-order valence-electron chi connectivity index (χ3n) is 6.02. The lowest BCUT2D eigenvalue weighted by Crippen LogP contribution is -2.45. The first-order chi connectivity index (χ1) is 16.3. The number of sulfonamides is 1. The molecule has 34 heavy (non-hydrogen) atoms. The highest BCUT2D eigenvalue weighted by molar-refractivity contribution is 7.89. The summed E-state index contributed by atoms with van der Waals surface area (Å²) in [5.41, 5.74) is 2.36. The zero-order valence-electron chi connectivity index (χ0n) is 19.6. The maximum Gasteiger partial charge on any atom is 0.248 e. The van der Waals surface area contributed by atoms with Gasteiger partial charge >= 0.3 is 0 Å². The predicted molar refractivity (Wildman–Crippen MR) is 128 cm³/mol. The molecule has 3 heterocycles. The number of benzene rings is 1. The van der Waals surface area contributed by atoms with Crippen LogP contribution in [0, 0.1) is 19.8 Å². The van der Waals surface area contributed by atoms with Gasteiger partial charge in [-0.2, -0.15) is 4.31 Å². The van der Waals surface area contributed by atoms with Crippen molar-refractivity contribution in [3.8, 4) is 0 Å². The van der Waals surface area contributed by atoms with Crippen molar-refractivity contribution < 1.29 is 22.2 Å². The summed E-state index contributed by atoms with van der Waals surface area (Å²) in [5.74, 6) is 0.343. The Balaban J connectivity index is 1.52. The Morgan fingerprint density at radius 2 is 1.97 bits per heavy atom. The van der Waals surface area contributed by atoms with E-state index in [-0.39, 0.29) is 23.1 Å². The van der Waals surface area contributed by atoms with Crippen LogP contribution < -0.4 is 0 Å². The van der Waals surface area contributed by atoms with Crippen LogP contribution in [-0.2, 0) is 21.4 Å². The number of rotatable bonds is 7. The molecule has 0 radical (unpaired) electrons. The highest BCUT2D eigenvalue weighted by atomic mass is 32.2. The average Bonchev–Trinajstić information content (AvgIpc) is 3.48. The normalized spacial score (nSPS) is 17.3. The summed E-state index contributed by atoms with van der Waals surface area (Å²) in [4.78, 5) is 14.7. The number of hydrogen-bond acceptors (Lipinski definition) is 6. The van der Waals surface area contributed by atoms with Crippen LogP contribution >= 0.6 is 0 Å². The second-order valence-corrected chi connectivity index (χ2v) is 10.6. The van der Waals surface area contributed by atoms with E-state index in [1.807, 2.05) is 37.3 Å². The first kappa shape index (κ1) is 24.0. The molecule has 1 amide bonds. The molecule has 1 aliphatic heterocycles. The fourth-order valence-corrected chi connectivity index (χ4v) is 5.94. The molecule has 1 atom stereocenters.